The third-order valence-electron chi connectivity index (χ3n) is 2.53. The lowest BCUT2D eigenvalue weighted by Crippen LogP contribution is -1.99. The summed E-state index contributed by atoms with van der Waals surface area (Å²) < 4.78 is 0. The maximum absolute atomic E-state index is 5.94. The largest absolute Gasteiger partial charge is 0.383 e. The van der Waals surface area contributed by atoms with Crippen molar-refractivity contribution in [2.75, 3.05) is 5.73 Å². The normalized spacial score (nSPS) is 11.0. The molecule has 0 aliphatic carbocycles. The van der Waals surface area contributed by atoms with Crippen LogP contribution in [0.1, 0.15) is 10.4 Å². The second-order valence-corrected chi connectivity index (χ2v) is 5.33. The standard InChI is InChI=1S/C12H11N5S/c1-6-4-14-10(15-5-6)11-16-9(13)8-3-7(2)18-12(8)17-11/h3-5H,1-2H3,(H2,13,16,17). The van der Waals surface area contributed by atoms with Gasteiger partial charge in [0.25, 0.3) is 0 Å². The summed E-state index contributed by atoms with van der Waals surface area (Å²) in [5, 5.41) is 0.897. The fourth-order valence-corrected chi connectivity index (χ4v) is 2.56. The zero-order valence-electron chi connectivity index (χ0n) is 10.0. The van der Waals surface area contributed by atoms with Crippen LogP contribution in [0, 0.1) is 13.8 Å². The Labute approximate surface area is 108 Å². The average Bonchev–Trinajstić information content (AvgIpc) is 2.71. The fourth-order valence-electron chi connectivity index (χ4n) is 1.67. The van der Waals surface area contributed by atoms with Gasteiger partial charge in [-0.1, -0.05) is 0 Å². The number of nitrogens with two attached hydrogens (primary N) is 1. The van der Waals surface area contributed by atoms with Crippen molar-refractivity contribution in [3.05, 3.63) is 28.9 Å². The Hall–Kier alpha value is -2.08. The van der Waals surface area contributed by atoms with Crippen molar-refractivity contribution >= 4 is 27.4 Å². The molecule has 90 valence electrons. The van der Waals surface area contributed by atoms with Crippen LogP contribution < -0.4 is 5.73 Å². The number of hydrogen-bond donors (Lipinski definition) is 1. The predicted molar refractivity (Wildman–Crippen MR) is 72.3 cm³/mol. The van der Waals surface area contributed by atoms with Crippen LogP contribution in [0.3, 0.4) is 0 Å². The molecule has 0 fully saturated rings. The molecule has 0 aliphatic heterocycles. The molecule has 3 rings (SSSR count). The lowest BCUT2D eigenvalue weighted by atomic mass is 10.3. The zero-order chi connectivity index (χ0) is 12.7. The van der Waals surface area contributed by atoms with Gasteiger partial charge in [-0.3, -0.25) is 0 Å². The summed E-state index contributed by atoms with van der Waals surface area (Å²) in [6.07, 6.45) is 3.48. The van der Waals surface area contributed by atoms with Crippen LogP contribution in [-0.4, -0.2) is 19.9 Å². The monoisotopic (exact) mass is 257 g/mol. The van der Waals surface area contributed by atoms with Gasteiger partial charge in [-0.05, 0) is 25.5 Å². The molecule has 0 saturated heterocycles. The lowest BCUT2D eigenvalue weighted by molar-refractivity contribution is 1.08. The van der Waals surface area contributed by atoms with Crippen LogP contribution in [0.5, 0.6) is 0 Å². The smallest absolute Gasteiger partial charge is 0.201 e. The molecular formula is C12H11N5S. The van der Waals surface area contributed by atoms with Gasteiger partial charge in [0.1, 0.15) is 10.6 Å². The number of rotatable bonds is 1. The third-order valence-corrected chi connectivity index (χ3v) is 3.47. The molecule has 6 heteroatoms. The first-order valence-corrected chi connectivity index (χ1v) is 6.28. The molecule has 0 aromatic carbocycles. The highest BCUT2D eigenvalue weighted by Crippen LogP contribution is 2.28. The summed E-state index contributed by atoms with van der Waals surface area (Å²) in [7, 11) is 0. The average molecular weight is 257 g/mol. The quantitative estimate of drug-likeness (QED) is 0.724. The third kappa shape index (κ3) is 1.80. The highest BCUT2D eigenvalue weighted by atomic mass is 32.1. The maximum Gasteiger partial charge on any atom is 0.201 e. The number of thiophene rings is 1. The Morgan fingerprint density at radius 1 is 1.06 bits per heavy atom. The minimum absolute atomic E-state index is 0.474. The molecule has 0 bridgehead atoms. The Bertz CT molecular complexity index is 717. The minimum atomic E-state index is 0.474. The van der Waals surface area contributed by atoms with Crippen molar-refractivity contribution in [3.8, 4) is 11.6 Å². The van der Waals surface area contributed by atoms with E-state index in [1.54, 1.807) is 23.7 Å². The van der Waals surface area contributed by atoms with E-state index in [9.17, 15) is 0 Å². The highest BCUT2D eigenvalue weighted by molar-refractivity contribution is 7.18. The topological polar surface area (TPSA) is 77.6 Å². The van der Waals surface area contributed by atoms with Gasteiger partial charge < -0.3 is 5.73 Å². The molecular weight excluding hydrogens is 246 g/mol. The summed E-state index contributed by atoms with van der Waals surface area (Å²) in [5.74, 6) is 1.45. The molecule has 0 aliphatic rings. The Balaban J connectivity index is 2.20. The van der Waals surface area contributed by atoms with E-state index in [0.717, 1.165) is 20.7 Å². The van der Waals surface area contributed by atoms with Gasteiger partial charge in [0, 0.05) is 17.3 Å². The van der Waals surface area contributed by atoms with Crippen LogP contribution in [-0.2, 0) is 0 Å². The van der Waals surface area contributed by atoms with E-state index in [-0.39, 0.29) is 0 Å². The van der Waals surface area contributed by atoms with Crippen LogP contribution in [0.2, 0.25) is 0 Å². The molecule has 2 N–H and O–H groups in total. The van der Waals surface area contributed by atoms with Gasteiger partial charge in [0.15, 0.2) is 5.82 Å². The predicted octanol–water partition coefficient (Wildman–Crippen LogP) is 2.35. The van der Waals surface area contributed by atoms with E-state index in [2.05, 4.69) is 19.9 Å². The molecule has 3 heterocycles. The van der Waals surface area contributed by atoms with Gasteiger partial charge >= 0.3 is 0 Å². The number of anilines is 1. The molecule has 0 saturated carbocycles. The second kappa shape index (κ2) is 3.99. The van der Waals surface area contributed by atoms with Crippen molar-refractivity contribution < 1.29 is 0 Å². The molecule has 0 spiro atoms. The molecule has 0 atom stereocenters. The van der Waals surface area contributed by atoms with Gasteiger partial charge in [-0.2, -0.15) is 0 Å². The number of nitrogen functional groups attached to an aromatic ring is 1. The second-order valence-electron chi connectivity index (χ2n) is 4.09. The fraction of sp³-hybridized carbons (Fsp3) is 0.167. The molecule has 0 amide bonds. The van der Waals surface area contributed by atoms with Crippen molar-refractivity contribution in [2.45, 2.75) is 13.8 Å². The molecule has 3 aromatic heterocycles. The van der Waals surface area contributed by atoms with Crippen molar-refractivity contribution in [1.29, 1.82) is 0 Å². The number of aromatic nitrogens is 4. The van der Waals surface area contributed by atoms with Crippen LogP contribution in [0.4, 0.5) is 5.82 Å². The summed E-state index contributed by atoms with van der Waals surface area (Å²) in [6.45, 7) is 3.96. The molecule has 0 radical (unpaired) electrons. The van der Waals surface area contributed by atoms with Crippen molar-refractivity contribution in [1.82, 2.24) is 19.9 Å². The van der Waals surface area contributed by atoms with Crippen molar-refractivity contribution in [2.24, 2.45) is 0 Å². The van der Waals surface area contributed by atoms with Crippen LogP contribution in [0.25, 0.3) is 21.9 Å². The summed E-state index contributed by atoms with van der Waals surface area (Å²) in [4.78, 5) is 19.2. The highest BCUT2D eigenvalue weighted by Gasteiger charge is 2.11. The Kier molecular flexibility index (Phi) is 2.45. The van der Waals surface area contributed by atoms with E-state index < -0.39 is 0 Å². The summed E-state index contributed by atoms with van der Waals surface area (Å²) in [6, 6.07) is 2.00. The first kappa shape index (κ1) is 11.0. The lowest BCUT2D eigenvalue weighted by Gasteiger charge is -2.01. The molecule has 5 nitrogen and oxygen atoms in total. The zero-order valence-corrected chi connectivity index (χ0v) is 10.8. The van der Waals surface area contributed by atoms with Gasteiger partial charge in [-0.25, -0.2) is 19.9 Å². The summed E-state index contributed by atoms with van der Waals surface area (Å²) in [5.41, 5.74) is 6.94. The number of aryl methyl sites for hydroxylation is 2. The van der Waals surface area contributed by atoms with E-state index in [4.69, 9.17) is 5.73 Å². The first-order valence-electron chi connectivity index (χ1n) is 5.46. The number of nitrogens with zero attached hydrogens (tertiary/aromatic N) is 4. The van der Waals surface area contributed by atoms with E-state index >= 15 is 0 Å². The van der Waals surface area contributed by atoms with Crippen LogP contribution >= 0.6 is 11.3 Å². The maximum atomic E-state index is 5.94. The summed E-state index contributed by atoms with van der Waals surface area (Å²) >= 11 is 1.59. The first-order chi connectivity index (χ1) is 8.63. The van der Waals surface area contributed by atoms with E-state index in [1.807, 2.05) is 19.9 Å². The minimum Gasteiger partial charge on any atom is -0.383 e. The van der Waals surface area contributed by atoms with E-state index in [0.29, 0.717) is 17.5 Å². The van der Waals surface area contributed by atoms with Gasteiger partial charge in [0.05, 0.1) is 5.39 Å². The Morgan fingerprint density at radius 3 is 2.50 bits per heavy atom. The number of fused-ring (bicyclic) bond motifs is 1. The molecule has 3 aromatic rings. The SMILES string of the molecule is Cc1cnc(-c2nc(N)c3cc(C)sc3n2)nc1. The number of hydrogen-bond acceptors (Lipinski definition) is 6. The molecule has 0 unspecified atom stereocenters. The van der Waals surface area contributed by atoms with E-state index in [1.165, 1.54) is 0 Å². The van der Waals surface area contributed by atoms with Gasteiger partial charge in [-0.15, -0.1) is 11.3 Å². The van der Waals surface area contributed by atoms with Gasteiger partial charge in [0.2, 0.25) is 5.82 Å². The molecule has 18 heavy (non-hydrogen) atoms. The van der Waals surface area contributed by atoms with Crippen molar-refractivity contribution in [3.63, 3.8) is 0 Å². The Morgan fingerprint density at radius 2 is 1.78 bits per heavy atom. The van der Waals surface area contributed by atoms with Crippen LogP contribution in [0.15, 0.2) is 18.5 Å².